The molecule has 0 unspecified atom stereocenters. The van der Waals surface area contributed by atoms with E-state index in [1.54, 1.807) is 11.8 Å². The maximum absolute atomic E-state index is 4.71. The summed E-state index contributed by atoms with van der Waals surface area (Å²) in [5, 5.41) is 1.15. The average Bonchev–Trinajstić information content (AvgIpc) is 2.96. The first kappa shape index (κ1) is 12.7. The first-order valence-electron chi connectivity index (χ1n) is 7.28. The standard InChI is InChI=1S/C18H16N2S/c1-3-8-14(9-4-1)16-17(15-10-5-2-6-11-15)21-18-19-12-7-13-20(16)18/h1-6,8-11H,7,12-13H2. The van der Waals surface area contributed by atoms with Crippen LogP contribution in [0, 0.1) is 0 Å². The Hall–Kier alpha value is -2.00. The fourth-order valence-electron chi connectivity index (χ4n) is 2.81. The predicted octanol–water partition coefficient (Wildman–Crippen LogP) is 4.32. The maximum atomic E-state index is 4.71. The van der Waals surface area contributed by atoms with Crippen LogP contribution in [-0.4, -0.2) is 23.2 Å². The molecule has 0 aromatic heterocycles. The van der Waals surface area contributed by atoms with Gasteiger partial charge >= 0.3 is 0 Å². The molecular formula is C18H16N2S. The Morgan fingerprint density at radius 1 is 0.857 bits per heavy atom. The van der Waals surface area contributed by atoms with Gasteiger partial charge in [-0.15, -0.1) is 0 Å². The Morgan fingerprint density at radius 3 is 2.24 bits per heavy atom. The molecule has 0 saturated carbocycles. The zero-order valence-corrected chi connectivity index (χ0v) is 12.5. The number of amidine groups is 1. The molecule has 2 heterocycles. The highest BCUT2D eigenvalue weighted by atomic mass is 32.2. The van der Waals surface area contributed by atoms with Gasteiger partial charge in [-0.1, -0.05) is 60.7 Å². The van der Waals surface area contributed by atoms with E-state index >= 15 is 0 Å². The third-order valence-corrected chi connectivity index (χ3v) is 4.94. The van der Waals surface area contributed by atoms with Crippen LogP contribution in [0.5, 0.6) is 0 Å². The summed E-state index contributed by atoms with van der Waals surface area (Å²) in [6, 6.07) is 21.3. The first-order chi connectivity index (χ1) is 10.4. The molecule has 2 aromatic carbocycles. The topological polar surface area (TPSA) is 15.6 Å². The second-order valence-electron chi connectivity index (χ2n) is 5.18. The zero-order valence-electron chi connectivity index (χ0n) is 11.7. The molecule has 3 heteroatoms. The van der Waals surface area contributed by atoms with Gasteiger partial charge in [0, 0.05) is 18.0 Å². The van der Waals surface area contributed by atoms with E-state index in [-0.39, 0.29) is 0 Å². The van der Waals surface area contributed by atoms with E-state index in [0.29, 0.717) is 0 Å². The van der Waals surface area contributed by atoms with Crippen LogP contribution >= 0.6 is 11.8 Å². The van der Waals surface area contributed by atoms with Crippen molar-refractivity contribution in [1.29, 1.82) is 0 Å². The Kier molecular flexibility index (Phi) is 3.28. The first-order valence-corrected chi connectivity index (χ1v) is 8.10. The average molecular weight is 292 g/mol. The molecule has 0 aliphatic carbocycles. The summed E-state index contributed by atoms with van der Waals surface area (Å²) in [4.78, 5) is 8.41. The number of rotatable bonds is 2. The van der Waals surface area contributed by atoms with Gasteiger partial charge < -0.3 is 4.90 Å². The second-order valence-corrected chi connectivity index (χ2v) is 6.16. The third-order valence-electron chi connectivity index (χ3n) is 3.78. The van der Waals surface area contributed by atoms with E-state index < -0.39 is 0 Å². The van der Waals surface area contributed by atoms with Gasteiger partial charge in [-0.3, -0.25) is 4.99 Å². The molecule has 104 valence electrons. The molecule has 0 fully saturated rings. The summed E-state index contributed by atoms with van der Waals surface area (Å²) in [6.45, 7) is 2.01. The SMILES string of the molecule is c1ccc(C2=C(c3ccccc3)N3CCCN=C3S2)cc1. The van der Waals surface area contributed by atoms with Crippen LogP contribution in [0.25, 0.3) is 10.6 Å². The molecule has 2 aliphatic heterocycles. The van der Waals surface area contributed by atoms with E-state index in [9.17, 15) is 0 Å². The lowest BCUT2D eigenvalue weighted by Crippen LogP contribution is -2.28. The van der Waals surface area contributed by atoms with Crippen LogP contribution in [0.2, 0.25) is 0 Å². The third kappa shape index (κ3) is 2.28. The number of hydrogen-bond donors (Lipinski definition) is 0. The second kappa shape index (κ2) is 5.41. The number of hydrogen-bond acceptors (Lipinski definition) is 3. The molecule has 0 atom stereocenters. The molecule has 2 aromatic rings. The quantitative estimate of drug-likeness (QED) is 0.819. The van der Waals surface area contributed by atoms with Crippen LogP contribution in [-0.2, 0) is 0 Å². The van der Waals surface area contributed by atoms with E-state index in [0.717, 1.165) is 24.7 Å². The molecule has 0 bridgehead atoms. The Labute approximate surface area is 129 Å². The van der Waals surface area contributed by atoms with Gasteiger partial charge in [0.1, 0.15) is 0 Å². The Bertz CT molecular complexity index is 705. The van der Waals surface area contributed by atoms with Crippen molar-refractivity contribution in [1.82, 2.24) is 4.90 Å². The van der Waals surface area contributed by atoms with Crippen molar-refractivity contribution < 1.29 is 0 Å². The molecule has 4 rings (SSSR count). The lowest BCUT2D eigenvalue weighted by atomic mass is 10.1. The van der Waals surface area contributed by atoms with Crippen molar-refractivity contribution in [3.05, 3.63) is 71.8 Å². The van der Waals surface area contributed by atoms with Crippen LogP contribution in [0.15, 0.2) is 65.7 Å². The highest BCUT2D eigenvalue weighted by Crippen LogP contribution is 2.46. The number of nitrogens with zero attached hydrogens (tertiary/aromatic N) is 2. The van der Waals surface area contributed by atoms with Gasteiger partial charge in [0.2, 0.25) is 0 Å². The van der Waals surface area contributed by atoms with Gasteiger partial charge in [0.15, 0.2) is 5.17 Å². The van der Waals surface area contributed by atoms with Crippen molar-refractivity contribution in [2.45, 2.75) is 6.42 Å². The van der Waals surface area contributed by atoms with Crippen molar-refractivity contribution in [3.8, 4) is 0 Å². The lowest BCUT2D eigenvalue weighted by molar-refractivity contribution is 0.542. The Balaban J connectivity index is 1.89. The maximum Gasteiger partial charge on any atom is 0.168 e. The van der Waals surface area contributed by atoms with E-state index in [4.69, 9.17) is 4.99 Å². The molecule has 0 radical (unpaired) electrons. The summed E-state index contributed by atoms with van der Waals surface area (Å²) in [5.41, 5.74) is 3.86. The lowest BCUT2D eigenvalue weighted by Gasteiger charge is -2.25. The highest BCUT2D eigenvalue weighted by Gasteiger charge is 2.32. The van der Waals surface area contributed by atoms with Crippen LogP contribution in [0.3, 0.4) is 0 Å². The Morgan fingerprint density at radius 2 is 1.52 bits per heavy atom. The minimum absolute atomic E-state index is 0.947. The van der Waals surface area contributed by atoms with Crippen molar-refractivity contribution in [2.24, 2.45) is 4.99 Å². The fraction of sp³-hybridized carbons (Fsp3) is 0.167. The molecule has 0 spiro atoms. The van der Waals surface area contributed by atoms with E-state index in [2.05, 4.69) is 65.6 Å². The number of thioether (sulfide) groups is 1. The number of benzene rings is 2. The smallest absolute Gasteiger partial charge is 0.168 e. The molecule has 0 saturated heterocycles. The summed E-state index contributed by atoms with van der Waals surface area (Å²) < 4.78 is 0. The highest BCUT2D eigenvalue weighted by molar-refractivity contribution is 8.22. The van der Waals surface area contributed by atoms with Crippen molar-refractivity contribution >= 4 is 27.5 Å². The molecule has 0 N–H and O–H groups in total. The number of fused-ring (bicyclic) bond motifs is 1. The van der Waals surface area contributed by atoms with Crippen molar-refractivity contribution in [2.75, 3.05) is 13.1 Å². The summed E-state index contributed by atoms with van der Waals surface area (Å²) in [6.07, 6.45) is 1.13. The van der Waals surface area contributed by atoms with Crippen LogP contribution in [0.1, 0.15) is 17.5 Å². The minimum Gasteiger partial charge on any atom is -0.319 e. The zero-order chi connectivity index (χ0) is 14.1. The predicted molar refractivity (Wildman–Crippen MR) is 90.9 cm³/mol. The van der Waals surface area contributed by atoms with Gasteiger partial charge in [0.05, 0.1) is 5.70 Å². The van der Waals surface area contributed by atoms with Gasteiger partial charge in [-0.25, -0.2) is 0 Å². The van der Waals surface area contributed by atoms with E-state index in [1.165, 1.54) is 21.7 Å². The molecule has 2 nitrogen and oxygen atoms in total. The monoisotopic (exact) mass is 292 g/mol. The minimum atomic E-state index is 0.947. The fourth-order valence-corrected chi connectivity index (χ4v) is 4.02. The van der Waals surface area contributed by atoms with Gasteiger partial charge in [0.25, 0.3) is 0 Å². The molecule has 0 amide bonds. The normalized spacial score (nSPS) is 17.7. The van der Waals surface area contributed by atoms with E-state index in [1.807, 2.05) is 0 Å². The molecular weight excluding hydrogens is 276 g/mol. The largest absolute Gasteiger partial charge is 0.319 e. The van der Waals surface area contributed by atoms with Crippen LogP contribution < -0.4 is 0 Å². The van der Waals surface area contributed by atoms with Gasteiger partial charge in [-0.2, -0.15) is 0 Å². The molecule has 21 heavy (non-hydrogen) atoms. The number of aliphatic imine (C=N–C) groups is 1. The summed E-state index contributed by atoms with van der Waals surface area (Å²) >= 11 is 1.81. The van der Waals surface area contributed by atoms with Crippen molar-refractivity contribution in [3.63, 3.8) is 0 Å². The summed E-state index contributed by atoms with van der Waals surface area (Å²) in [5.74, 6) is 0. The summed E-state index contributed by atoms with van der Waals surface area (Å²) in [7, 11) is 0. The van der Waals surface area contributed by atoms with Crippen LogP contribution in [0.4, 0.5) is 0 Å². The van der Waals surface area contributed by atoms with Gasteiger partial charge in [-0.05, 0) is 29.3 Å². The molecule has 2 aliphatic rings.